The zero-order valence-corrected chi connectivity index (χ0v) is 8.20. The molecule has 0 saturated carbocycles. The van der Waals surface area contributed by atoms with Crippen molar-refractivity contribution < 1.29 is 5.11 Å². The molecule has 0 amide bonds. The minimum Gasteiger partial charge on any atom is -0.392 e. The second kappa shape index (κ2) is 5.00. The third-order valence-corrected chi connectivity index (χ3v) is 2.19. The van der Waals surface area contributed by atoms with Crippen molar-refractivity contribution in [3.63, 3.8) is 0 Å². The van der Waals surface area contributed by atoms with Crippen molar-refractivity contribution in [2.24, 2.45) is 0 Å². The fourth-order valence-corrected chi connectivity index (χ4v) is 1.05. The minimum absolute atomic E-state index is 0.139. The van der Waals surface area contributed by atoms with Gasteiger partial charge in [-0.1, -0.05) is 30.3 Å². The van der Waals surface area contributed by atoms with Crippen molar-refractivity contribution in [2.45, 2.75) is 32.5 Å². The van der Waals surface area contributed by atoms with E-state index < -0.39 is 0 Å². The molecule has 1 aromatic rings. The number of rotatable bonds is 4. The zero-order chi connectivity index (χ0) is 9.68. The highest BCUT2D eigenvalue weighted by Gasteiger charge is 2.06. The van der Waals surface area contributed by atoms with Gasteiger partial charge in [0, 0.05) is 12.6 Å². The molecule has 2 atom stereocenters. The summed E-state index contributed by atoms with van der Waals surface area (Å²) in [6.45, 7) is 4.59. The van der Waals surface area contributed by atoms with E-state index in [9.17, 15) is 5.11 Å². The normalized spacial score (nSPS) is 15.3. The van der Waals surface area contributed by atoms with Crippen molar-refractivity contribution in [1.82, 2.24) is 5.32 Å². The van der Waals surface area contributed by atoms with Crippen LogP contribution in [0.3, 0.4) is 0 Å². The molecule has 2 heteroatoms. The molecular weight excluding hydrogens is 162 g/mol. The average molecular weight is 179 g/mol. The molecule has 0 saturated heterocycles. The first kappa shape index (κ1) is 10.2. The topological polar surface area (TPSA) is 32.3 Å². The van der Waals surface area contributed by atoms with Crippen molar-refractivity contribution >= 4 is 0 Å². The number of hydrogen-bond donors (Lipinski definition) is 2. The summed E-state index contributed by atoms with van der Waals surface area (Å²) < 4.78 is 0. The van der Waals surface area contributed by atoms with Crippen molar-refractivity contribution in [2.75, 3.05) is 0 Å². The third kappa shape index (κ3) is 3.57. The molecule has 1 rings (SSSR count). The number of aliphatic hydroxyl groups is 1. The molecular formula is C11H17NO. The molecule has 0 bridgehead atoms. The highest BCUT2D eigenvalue weighted by atomic mass is 16.3. The molecule has 0 spiro atoms. The molecule has 0 unspecified atom stereocenters. The molecule has 0 fully saturated rings. The second-order valence-electron chi connectivity index (χ2n) is 3.40. The van der Waals surface area contributed by atoms with E-state index in [-0.39, 0.29) is 12.1 Å². The van der Waals surface area contributed by atoms with Gasteiger partial charge in [0.15, 0.2) is 0 Å². The van der Waals surface area contributed by atoms with Crippen LogP contribution < -0.4 is 5.32 Å². The Balaban J connectivity index is 2.35. The molecule has 2 N–H and O–H groups in total. The SMILES string of the molecule is C[C@H](O)[C@H](C)NCc1ccccc1. The highest BCUT2D eigenvalue weighted by molar-refractivity contribution is 5.14. The average Bonchev–Trinajstić information content (AvgIpc) is 2.15. The number of nitrogens with one attached hydrogen (secondary N) is 1. The van der Waals surface area contributed by atoms with E-state index in [1.54, 1.807) is 6.92 Å². The zero-order valence-electron chi connectivity index (χ0n) is 8.20. The summed E-state index contributed by atoms with van der Waals surface area (Å²) in [5, 5.41) is 12.5. The molecule has 0 aromatic heterocycles. The van der Waals surface area contributed by atoms with E-state index in [0.29, 0.717) is 0 Å². The van der Waals surface area contributed by atoms with Crippen LogP contribution in [0.25, 0.3) is 0 Å². The lowest BCUT2D eigenvalue weighted by Crippen LogP contribution is -2.34. The van der Waals surface area contributed by atoms with Crippen molar-refractivity contribution in [3.8, 4) is 0 Å². The van der Waals surface area contributed by atoms with Gasteiger partial charge in [0.25, 0.3) is 0 Å². The van der Waals surface area contributed by atoms with E-state index in [1.165, 1.54) is 5.56 Å². The van der Waals surface area contributed by atoms with Gasteiger partial charge in [0.2, 0.25) is 0 Å². The van der Waals surface area contributed by atoms with Crippen LogP contribution >= 0.6 is 0 Å². The summed E-state index contributed by atoms with van der Waals surface area (Å²) in [5.41, 5.74) is 1.25. The van der Waals surface area contributed by atoms with Gasteiger partial charge in [-0.15, -0.1) is 0 Å². The van der Waals surface area contributed by atoms with Crippen LogP contribution in [0.5, 0.6) is 0 Å². The molecule has 0 heterocycles. The standard InChI is InChI=1S/C11H17NO/c1-9(10(2)13)12-8-11-6-4-3-5-7-11/h3-7,9-10,12-13H,8H2,1-2H3/t9-,10-/m0/s1. The first-order chi connectivity index (χ1) is 6.20. The van der Waals surface area contributed by atoms with E-state index in [2.05, 4.69) is 17.4 Å². The maximum absolute atomic E-state index is 9.24. The van der Waals surface area contributed by atoms with Crippen LogP contribution in [0.2, 0.25) is 0 Å². The van der Waals surface area contributed by atoms with E-state index in [0.717, 1.165) is 6.54 Å². The van der Waals surface area contributed by atoms with E-state index in [4.69, 9.17) is 0 Å². The Hall–Kier alpha value is -0.860. The molecule has 0 aliphatic heterocycles. The second-order valence-corrected chi connectivity index (χ2v) is 3.40. The van der Waals surface area contributed by atoms with Gasteiger partial charge < -0.3 is 10.4 Å². The van der Waals surface area contributed by atoms with Gasteiger partial charge in [0.05, 0.1) is 6.10 Å². The third-order valence-electron chi connectivity index (χ3n) is 2.19. The number of aliphatic hydroxyl groups excluding tert-OH is 1. The van der Waals surface area contributed by atoms with Gasteiger partial charge in [-0.25, -0.2) is 0 Å². The maximum atomic E-state index is 9.24. The van der Waals surface area contributed by atoms with Crippen LogP contribution in [-0.4, -0.2) is 17.3 Å². The van der Waals surface area contributed by atoms with Crippen LogP contribution in [-0.2, 0) is 6.54 Å². The lowest BCUT2D eigenvalue weighted by Gasteiger charge is -2.16. The Morgan fingerprint density at radius 3 is 2.38 bits per heavy atom. The first-order valence-electron chi connectivity index (χ1n) is 4.65. The smallest absolute Gasteiger partial charge is 0.0662 e. The molecule has 2 nitrogen and oxygen atoms in total. The van der Waals surface area contributed by atoms with Crippen LogP contribution in [0.1, 0.15) is 19.4 Å². The maximum Gasteiger partial charge on any atom is 0.0662 e. The lowest BCUT2D eigenvalue weighted by molar-refractivity contribution is 0.152. The first-order valence-corrected chi connectivity index (χ1v) is 4.65. The summed E-state index contributed by atoms with van der Waals surface area (Å²) in [6.07, 6.45) is -0.302. The predicted molar refractivity (Wildman–Crippen MR) is 54.4 cm³/mol. The molecule has 0 aliphatic rings. The summed E-state index contributed by atoms with van der Waals surface area (Å²) in [5.74, 6) is 0. The Kier molecular flexibility index (Phi) is 3.93. The van der Waals surface area contributed by atoms with Crippen LogP contribution in [0.4, 0.5) is 0 Å². The van der Waals surface area contributed by atoms with Crippen molar-refractivity contribution in [3.05, 3.63) is 35.9 Å². The lowest BCUT2D eigenvalue weighted by atomic mass is 10.2. The summed E-state index contributed by atoms with van der Waals surface area (Å²) in [6, 6.07) is 10.3. The van der Waals surface area contributed by atoms with E-state index in [1.807, 2.05) is 25.1 Å². The largest absolute Gasteiger partial charge is 0.392 e. The summed E-state index contributed by atoms with van der Waals surface area (Å²) in [7, 11) is 0. The Morgan fingerprint density at radius 2 is 1.85 bits per heavy atom. The molecule has 13 heavy (non-hydrogen) atoms. The molecule has 0 aliphatic carbocycles. The predicted octanol–water partition coefficient (Wildman–Crippen LogP) is 1.55. The fourth-order valence-electron chi connectivity index (χ4n) is 1.05. The quantitative estimate of drug-likeness (QED) is 0.735. The molecule has 0 radical (unpaired) electrons. The monoisotopic (exact) mass is 179 g/mol. The molecule has 1 aromatic carbocycles. The van der Waals surface area contributed by atoms with Gasteiger partial charge >= 0.3 is 0 Å². The summed E-state index contributed by atoms with van der Waals surface area (Å²) in [4.78, 5) is 0. The van der Waals surface area contributed by atoms with Gasteiger partial charge in [-0.2, -0.15) is 0 Å². The van der Waals surface area contributed by atoms with Gasteiger partial charge in [0.1, 0.15) is 0 Å². The summed E-state index contributed by atoms with van der Waals surface area (Å²) >= 11 is 0. The fraction of sp³-hybridized carbons (Fsp3) is 0.455. The number of hydrogen-bond acceptors (Lipinski definition) is 2. The van der Waals surface area contributed by atoms with E-state index >= 15 is 0 Å². The Bertz CT molecular complexity index is 233. The van der Waals surface area contributed by atoms with Gasteiger partial charge in [-0.3, -0.25) is 0 Å². The minimum atomic E-state index is -0.302. The molecule has 72 valence electrons. The highest BCUT2D eigenvalue weighted by Crippen LogP contribution is 1.99. The van der Waals surface area contributed by atoms with Gasteiger partial charge in [-0.05, 0) is 19.4 Å². The van der Waals surface area contributed by atoms with Crippen LogP contribution in [0, 0.1) is 0 Å². The number of benzene rings is 1. The van der Waals surface area contributed by atoms with Crippen molar-refractivity contribution in [1.29, 1.82) is 0 Å². The Morgan fingerprint density at radius 1 is 1.23 bits per heavy atom. The Labute approximate surface area is 79.6 Å². The van der Waals surface area contributed by atoms with Crippen LogP contribution in [0.15, 0.2) is 30.3 Å².